The Morgan fingerprint density at radius 2 is 1.94 bits per heavy atom. The summed E-state index contributed by atoms with van der Waals surface area (Å²) in [5, 5.41) is 3.66. The minimum absolute atomic E-state index is 0.0813. The van der Waals surface area contributed by atoms with Crippen LogP contribution in [0.5, 0.6) is 0 Å². The van der Waals surface area contributed by atoms with Gasteiger partial charge in [-0.05, 0) is 18.6 Å². The zero-order valence-corrected chi connectivity index (χ0v) is 12.0. The van der Waals surface area contributed by atoms with Gasteiger partial charge in [0.1, 0.15) is 0 Å². The molecule has 2 nitrogen and oxygen atoms in total. The molecule has 5 heteroatoms. The average molecular weight is 291 g/mol. The van der Waals surface area contributed by atoms with Crippen LogP contribution in [-0.2, 0) is 0 Å². The van der Waals surface area contributed by atoms with Gasteiger partial charge in [0.25, 0.3) is 0 Å². The van der Waals surface area contributed by atoms with Crippen LogP contribution in [0.1, 0.15) is 20.3 Å². The molecule has 1 atom stereocenters. The van der Waals surface area contributed by atoms with Crippen LogP contribution in [0.3, 0.4) is 0 Å². The van der Waals surface area contributed by atoms with Crippen molar-refractivity contribution in [2.24, 2.45) is 0 Å². The van der Waals surface area contributed by atoms with E-state index in [1.807, 2.05) is 0 Å². The van der Waals surface area contributed by atoms with Gasteiger partial charge in [0.15, 0.2) is 5.82 Å². The zero-order valence-electron chi connectivity index (χ0n) is 10.5. The van der Waals surface area contributed by atoms with Gasteiger partial charge in [0, 0.05) is 30.9 Å². The van der Waals surface area contributed by atoms with Crippen molar-refractivity contribution in [3.8, 4) is 0 Å². The standard InChI is InChI=1S/C13H17Cl2FN2/c1-8(2)17-9-3-4-18(7-9)10-5-11(14)13(16)12(15)6-10/h5-6,8-9,17H,3-4,7H2,1-2H3. The fourth-order valence-electron chi connectivity index (χ4n) is 2.33. The summed E-state index contributed by atoms with van der Waals surface area (Å²) >= 11 is 11.6. The maximum absolute atomic E-state index is 13.4. The molecule has 0 saturated carbocycles. The summed E-state index contributed by atoms with van der Waals surface area (Å²) in [6.07, 6.45) is 1.07. The van der Waals surface area contributed by atoms with Gasteiger partial charge in [-0.3, -0.25) is 0 Å². The molecule has 1 aromatic carbocycles. The molecular formula is C13H17Cl2FN2. The molecule has 0 spiro atoms. The first-order valence-electron chi connectivity index (χ1n) is 6.13. The summed E-state index contributed by atoms with van der Waals surface area (Å²) < 4.78 is 13.4. The van der Waals surface area contributed by atoms with Crippen LogP contribution in [0.25, 0.3) is 0 Å². The molecule has 1 aromatic rings. The van der Waals surface area contributed by atoms with Crippen LogP contribution in [0, 0.1) is 5.82 Å². The van der Waals surface area contributed by atoms with E-state index >= 15 is 0 Å². The van der Waals surface area contributed by atoms with Gasteiger partial charge < -0.3 is 10.2 Å². The lowest BCUT2D eigenvalue weighted by atomic mass is 10.2. The molecule has 1 unspecified atom stereocenters. The van der Waals surface area contributed by atoms with Crippen molar-refractivity contribution in [3.63, 3.8) is 0 Å². The van der Waals surface area contributed by atoms with Crippen molar-refractivity contribution in [1.29, 1.82) is 0 Å². The van der Waals surface area contributed by atoms with Gasteiger partial charge in [-0.15, -0.1) is 0 Å². The summed E-state index contributed by atoms with van der Waals surface area (Å²) in [5.41, 5.74) is 0.888. The fourth-order valence-corrected chi connectivity index (χ4v) is 2.80. The van der Waals surface area contributed by atoms with Crippen LogP contribution in [-0.4, -0.2) is 25.2 Å². The molecule has 1 saturated heterocycles. The van der Waals surface area contributed by atoms with E-state index in [4.69, 9.17) is 23.2 Å². The first-order chi connectivity index (χ1) is 8.47. The predicted octanol–water partition coefficient (Wildman–Crippen LogP) is 3.71. The minimum atomic E-state index is -0.543. The van der Waals surface area contributed by atoms with Crippen LogP contribution in [0.15, 0.2) is 12.1 Å². The van der Waals surface area contributed by atoms with Crippen molar-refractivity contribution in [2.75, 3.05) is 18.0 Å². The van der Waals surface area contributed by atoms with Crippen molar-refractivity contribution in [2.45, 2.75) is 32.4 Å². The Kier molecular flexibility index (Phi) is 4.36. The highest BCUT2D eigenvalue weighted by molar-refractivity contribution is 6.35. The van der Waals surface area contributed by atoms with Gasteiger partial charge in [0.2, 0.25) is 0 Å². The molecule has 100 valence electrons. The Balaban J connectivity index is 2.10. The van der Waals surface area contributed by atoms with E-state index in [2.05, 4.69) is 24.1 Å². The first-order valence-corrected chi connectivity index (χ1v) is 6.88. The third kappa shape index (κ3) is 3.08. The normalized spacial score (nSPS) is 19.9. The van der Waals surface area contributed by atoms with Crippen molar-refractivity contribution >= 4 is 28.9 Å². The Morgan fingerprint density at radius 1 is 1.33 bits per heavy atom. The van der Waals surface area contributed by atoms with Crippen LogP contribution in [0.2, 0.25) is 10.0 Å². The molecule has 18 heavy (non-hydrogen) atoms. The molecule has 1 aliphatic heterocycles. The first kappa shape index (κ1) is 13.9. The van der Waals surface area contributed by atoms with Crippen molar-refractivity contribution in [3.05, 3.63) is 28.0 Å². The van der Waals surface area contributed by atoms with Crippen molar-refractivity contribution < 1.29 is 4.39 Å². The lowest BCUT2D eigenvalue weighted by Crippen LogP contribution is -2.37. The van der Waals surface area contributed by atoms with Gasteiger partial charge in [-0.2, -0.15) is 0 Å². The SMILES string of the molecule is CC(C)NC1CCN(c2cc(Cl)c(F)c(Cl)c2)C1. The van der Waals surface area contributed by atoms with Crippen LogP contribution in [0.4, 0.5) is 10.1 Å². The smallest absolute Gasteiger partial charge is 0.160 e. The van der Waals surface area contributed by atoms with E-state index in [-0.39, 0.29) is 10.0 Å². The second-order valence-electron chi connectivity index (χ2n) is 4.98. The van der Waals surface area contributed by atoms with E-state index < -0.39 is 5.82 Å². The second-order valence-corrected chi connectivity index (χ2v) is 5.79. The van der Waals surface area contributed by atoms with Gasteiger partial charge >= 0.3 is 0 Å². The lowest BCUT2D eigenvalue weighted by molar-refractivity contribution is 0.492. The fraction of sp³-hybridized carbons (Fsp3) is 0.538. The van der Waals surface area contributed by atoms with Gasteiger partial charge in [-0.25, -0.2) is 4.39 Å². The molecule has 1 fully saturated rings. The van der Waals surface area contributed by atoms with Crippen molar-refractivity contribution in [1.82, 2.24) is 5.32 Å². The van der Waals surface area contributed by atoms with Crippen LogP contribution < -0.4 is 10.2 Å². The second kappa shape index (κ2) is 5.64. The number of hydrogen-bond acceptors (Lipinski definition) is 2. The molecule has 1 N–H and O–H groups in total. The summed E-state index contributed by atoms with van der Waals surface area (Å²) in [6, 6.07) is 4.21. The highest BCUT2D eigenvalue weighted by Gasteiger charge is 2.24. The van der Waals surface area contributed by atoms with E-state index in [1.165, 1.54) is 0 Å². The third-order valence-electron chi connectivity index (χ3n) is 3.09. The molecular weight excluding hydrogens is 274 g/mol. The average Bonchev–Trinajstić information content (AvgIpc) is 2.72. The molecule has 0 aromatic heterocycles. The Bertz CT molecular complexity index is 414. The number of nitrogens with zero attached hydrogens (tertiary/aromatic N) is 1. The third-order valence-corrected chi connectivity index (χ3v) is 3.64. The van der Waals surface area contributed by atoms with E-state index in [9.17, 15) is 4.39 Å². The number of rotatable bonds is 3. The number of nitrogens with one attached hydrogen (secondary N) is 1. The molecule has 0 amide bonds. The maximum Gasteiger partial charge on any atom is 0.160 e. The molecule has 2 rings (SSSR count). The topological polar surface area (TPSA) is 15.3 Å². The lowest BCUT2D eigenvalue weighted by Gasteiger charge is -2.21. The maximum atomic E-state index is 13.4. The predicted molar refractivity (Wildman–Crippen MR) is 75.3 cm³/mol. The highest BCUT2D eigenvalue weighted by Crippen LogP contribution is 2.31. The van der Waals surface area contributed by atoms with E-state index in [0.717, 1.165) is 25.2 Å². The Hall–Kier alpha value is -0.510. The Morgan fingerprint density at radius 3 is 2.50 bits per heavy atom. The highest BCUT2D eigenvalue weighted by atomic mass is 35.5. The quantitative estimate of drug-likeness (QED) is 0.854. The Labute approximate surface area is 117 Å². The largest absolute Gasteiger partial charge is 0.370 e. The molecule has 0 bridgehead atoms. The molecule has 1 aliphatic rings. The summed E-state index contributed by atoms with van der Waals surface area (Å²) in [7, 11) is 0. The molecule has 0 aliphatic carbocycles. The monoisotopic (exact) mass is 290 g/mol. The van der Waals surface area contributed by atoms with Gasteiger partial charge in [-0.1, -0.05) is 37.0 Å². The summed E-state index contributed by atoms with van der Waals surface area (Å²) in [5.74, 6) is -0.543. The molecule has 0 radical (unpaired) electrons. The van der Waals surface area contributed by atoms with Gasteiger partial charge in [0.05, 0.1) is 10.0 Å². The minimum Gasteiger partial charge on any atom is -0.370 e. The number of anilines is 1. The zero-order chi connectivity index (χ0) is 13.3. The van der Waals surface area contributed by atoms with E-state index in [0.29, 0.717) is 12.1 Å². The van der Waals surface area contributed by atoms with E-state index in [1.54, 1.807) is 12.1 Å². The number of benzene rings is 1. The van der Waals surface area contributed by atoms with Crippen LogP contribution >= 0.6 is 23.2 Å². The molecule has 1 heterocycles. The summed E-state index contributed by atoms with van der Waals surface area (Å²) in [6.45, 7) is 6.10. The summed E-state index contributed by atoms with van der Waals surface area (Å²) in [4.78, 5) is 2.18. The number of halogens is 3. The number of hydrogen-bond donors (Lipinski definition) is 1.